The molecular weight excluding hydrogens is 266 g/mol. The summed E-state index contributed by atoms with van der Waals surface area (Å²) in [6.45, 7) is 2.40. The Morgan fingerprint density at radius 1 is 1.50 bits per heavy atom. The zero-order valence-corrected chi connectivity index (χ0v) is 11.3. The van der Waals surface area contributed by atoms with Crippen LogP contribution in [0.15, 0.2) is 16.3 Å². The molecule has 1 aliphatic rings. The molecule has 0 amide bonds. The molecule has 1 aromatic heterocycles. The fraction of sp³-hybridized carbons (Fsp3) is 0.600. The highest BCUT2D eigenvalue weighted by molar-refractivity contribution is 7.91. The van der Waals surface area contributed by atoms with Crippen molar-refractivity contribution in [2.45, 2.75) is 29.4 Å². The molecule has 0 saturated heterocycles. The monoisotopic (exact) mass is 279 g/mol. The molecule has 1 saturated carbocycles. The van der Waals surface area contributed by atoms with E-state index in [4.69, 9.17) is 11.6 Å². The Labute approximate surface area is 105 Å². The summed E-state index contributed by atoms with van der Waals surface area (Å²) in [6, 6.07) is 3.46. The normalized spacial score (nSPS) is 25.4. The molecule has 0 radical (unpaired) electrons. The van der Waals surface area contributed by atoms with Gasteiger partial charge in [0.1, 0.15) is 4.21 Å². The number of hydrogen-bond acceptors (Lipinski definition) is 3. The number of rotatable bonds is 4. The van der Waals surface area contributed by atoms with Crippen molar-refractivity contribution in [3.05, 3.63) is 17.0 Å². The van der Waals surface area contributed by atoms with E-state index in [9.17, 15) is 8.42 Å². The first-order chi connectivity index (χ1) is 7.47. The summed E-state index contributed by atoms with van der Waals surface area (Å²) in [5.41, 5.74) is 0. The Morgan fingerprint density at radius 2 is 2.19 bits per heavy atom. The van der Waals surface area contributed by atoms with Gasteiger partial charge in [0.2, 0.25) is 10.0 Å². The van der Waals surface area contributed by atoms with Crippen molar-refractivity contribution < 1.29 is 8.42 Å². The lowest BCUT2D eigenvalue weighted by atomic mass is 9.85. The average molecular weight is 280 g/mol. The summed E-state index contributed by atoms with van der Waals surface area (Å²) in [6.07, 6.45) is 1.82. The van der Waals surface area contributed by atoms with Crippen molar-refractivity contribution in [2.75, 3.05) is 6.54 Å². The third kappa shape index (κ3) is 2.77. The minimum absolute atomic E-state index is 0.235. The molecule has 0 atom stereocenters. The molecule has 1 heterocycles. The molecule has 1 fully saturated rings. The van der Waals surface area contributed by atoms with E-state index in [1.807, 2.05) is 13.0 Å². The lowest BCUT2D eigenvalue weighted by molar-refractivity contribution is 0.324. The number of sulfonamides is 1. The number of alkyl halides is 1. The largest absolute Gasteiger partial charge is 0.250 e. The van der Waals surface area contributed by atoms with Gasteiger partial charge in [0.25, 0.3) is 0 Å². The maximum absolute atomic E-state index is 11.8. The van der Waals surface area contributed by atoms with Gasteiger partial charge in [0.05, 0.1) is 0 Å². The lowest BCUT2D eigenvalue weighted by Gasteiger charge is -2.30. The van der Waals surface area contributed by atoms with Crippen LogP contribution >= 0.6 is 22.9 Å². The molecule has 0 unspecified atom stereocenters. The molecule has 0 spiro atoms. The van der Waals surface area contributed by atoms with E-state index < -0.39 is 10.0 Å². The van der Waals surface area contributed by atoms with Crippen molar-refractivity contribution in [2.24, 2.45) is 5.92 Å². The van der Waals surface area contributed by atoms with Crippen LogP contribution in [0.3, 0.4) is 0 Å². The Kier molecular flexibility index (Phi) is 3.59. The average Bonchev–Trinajstić information content (AvgIpc) is 2.58. The van der Waals surface area contributed by atoms with Crippen LogP contribution in [-0.4, -0.2) is 20.3 Å². The first-order valence-electron chi connectivity index (χ1n) is 5.17. The van der Waals surface area contributed by atoms with E-state index in [2.05, 4.69) is 4.72 Å². The summed E-state index contributed by atoms with van der Waals surface area (Å²) in [7, 11) is -3.30. The van der Waals surface area contributed by atoms with Crippen LogP contribution in [0.2, 0.25) is 0 Å². The fourth-order valence-corrected chi connectivity index (χ4v) is 4.62. The van der Waals surface area contributed by atoms with Gasteiger partial charge >= 0.3 is 0 Å². The van der Waals surface area contributed by atoms with Gasteiger partial charge in [0, 0.05) is 16.8 Å². The minimum Gasteiger partial charge on any atom is -0.210 e. The predicted octanol–water partition coefficient (Wildman–Crippen LogP) is 2.35. The topological polar surface area (TPSA) is 46.2 Å². The van der Waals surface area contributed by atoms with Gasteiger partial charge in [-0.15, -0.1) is 22.9 Å². The van der Waals surface area contributed by atoms with E-state index in [-0.39, 0.29) is 5.38 Å². The first-order valence-corrected chi connectivity index (χ1v) is 7.91. The van der Waals surface area contributed by atoms with E-state index in [0.29, 0.717) is 16.7 Å². The van der Waals surface area contributed by atoms with Gasteiger partial charge in [-0.05, 0) is 37.8 Å². The minimum atomic E-state index is -3.30. The highest BCUT2D eigenvalue weighted by Gasteiger charge is 2.28. The molecule has 1 aromatic rings. The fourth-order valence-electron chi connectivity index (χ4n) is 1.68. The molecule has 2 rings (SSSR count). The third-order valence-electron chi connectivity index (χ3n) is 2.72. The molecule has 0 aromatic carbocycles. The summed E-state index contributed by atoms with van der Waals surface area (Å²) < 4.78 is 26.7. The molecule has 0 bridgehead atoms. The second-order valence-electron chi connectivity index (χ2n) is 4.15. The van der Waals surface area contributed by atoms with Gasteiger partial charge in [0.15, 0.2) is 0 Å². The van der Waals surface area contributed by atoms with Crippen molar-refractivity contribution in [1.82, 2.24) is 4.72 Å². The zero-order valence-electron chi connectivity index (χ0n) is 8.94. The molecule has 16 heavy (non-hydrogen) atoms. The SMILES string of the molecule is Cc1ccc(S(=O)(=O)NCC2CC(Cl)C2)s1. The van der Waals surface area contributed by atoms with Crippen LogP contribution in [0.5, 0.6) is 0 Å². The first kappa shape index (κ1) is 12.4. The van der Waals surface area contributed by atoms with Crippen molar-refractivity contribution >= 4 is 33.0 Å². The summed E-state index contributed by atoms with van der Waals surface area (Å²) in [5, 5.41) is 0.235. The standard InChI is InChI=1S/C10H14ClNO2S2/c1-7-2-3-10(15-7)16(13,14)12-6-8-4-9(11)5-8/h2-3,8-9,12H,4-6H2,1H3. The third-order valence-corrected chi connectivity index (χ3v) is 5.99. The second kappa shape index (κ2) is 4.64. The van der Waals surface area contributed by atoms with E-state index in [1.165, 1.54) is 11.3 Å². The number of hydrogen-bond donors (Lipinski definition) is 1. The quantitative estimate of drug-likeness (QED) is 0.860. The van der Waals surface area contributed by atoms with Crippen LogP contribution in [-0.2, 0) is 10.0 Å². The van der Waals surface area contributed by atoms with Gasteiger partial charge in [-0.1, -0.05) is 0 Å². The molecular formula is C10H14ClNO2S2. The Balaban J connectivity index is 1.93. The smallest absolute Gasteiger partial charge is 0.210 e. The van der Waals surface area contributed by atoms with Gasteiger partial charge in [-0.25, -0.2) is 13.1 Å². The van der Waals surface area contributed by atoms with Gasteiger partial charge in [-0.3, -0.25) is 0 Å². The lowest BCUT2D eigenvalue weighted by Crippen LogP contribution is -2.36. The van der Waals surface area contributed by atoms with Crippen LogP contribution in [0.25, 0.3) is 0 Å². The molecule has 6 heteroatoms. The maximum Gasteiger partial charge on any atom is 0.250 e. The van der Waals surface area contributed by atoms with Crippen LogP contribution in [0.1, 0.15) is 17.7 Å². The van der Waals surface area contributed by atoms with Crippen LogP contribution in [0, 0.1) is 12.8 Å². The molecule has 90 valence electrons. The number of thiophene rings is 1. The van der Waals surface area contributed by atoms with Crippen LogP contribution in [0.4, 0.5) is 0 Å². The van der Waals surface area contributed by atoms with Crippen LogP contribution < -0.4 is 4.72 Å². The summed E-state index contributed by atoms with van der Waals surface area (Å²) in [5.74, 6) is 0.401. The van der Waals surface area contributed by atoms with E-state index >= 15 is 0 Å². The number of halogens is 1. The molecule has 1 aliphatic carbocycles. The summed E-state index contributed by atoms with van der Waals surface area (Å²) >= 11 is 7.13. The highest BCUT2D eigenvalue weighted by atomic mass is 35.5. The van der Waals surface area contributed by atoms with E-state index in [1.54, 1.807) is 6.07 Å². The van der Waals surface area contributed by atoms with Crippen molar-refractivity contribution in [1.29, 1.82) is 0 Å². The maximum atomic E-state index is 11.8. The Hall–Kier alpha value is -0.100. The summed E-state index contributed by atoms with van der Waals surface area (Å²) in [4.78, 5) is 1.00. The van der Waals surface area contributed by atoms with Gasteiger partial charge < -0.3 is 0 Å². The molecule has 1 N–H and O–H groups in total. The molecule has 0 aliphatic heterocycles. The molecule has 3 nitrogen and oxygen atoms in total. The van der Waals surface area contributed by atoms with Gasteiger partial charge in [-0.2, -0.15) is 0 Å². The number of aryl methyl sites for hydroxylation is 1. The highest BCUT2D eigenvalue weighted by Crippen LogP contribution is 2.31. The zero-order chi connectivity index (χ0) is 11.8. The van der Waals surface area contributed by atoms with E-state index in [0.717, 1.165) is 17.7 Å². The van der Waals surface area contributed by atoms with Crippen molar-refractivity contribution in [3.63, 3.8) is 0 Å². The predicted molar refractivity (Wildman–Crippen MR) is 66.6 cm³/mol. The Morgan fingerprint density at radius 3 is 2.69 bits per heavy atom. The second-order valence-corrected chi connectivity index (χ2v) is 8.05. The number of nitrogens with one attached hydrogen (secondary N) is 1. The Bertz CT molecular complexity index is 463. The van der Waals surface area contributed by atoms with Crippen molar-refractivity contribution in [3.8, 4) is 0 Å².